The van der Waals surface area contributed by atoms with Gasteiger partial charge in [-0.15, -0.1) is 0 Å². The van der Waals surface area contributed by atoms with Gasteiger partial charge in [0.1, 0.15) is 10.7 Å². The van der Waals surface area contributed by atoms with E-state index < -0.39 is 16.3 Å². The van der Waals surface area contributed by atoms with E-state index in [1.165, 1.54) is 12.3 Å². The third kappa shape index (κ3) is 4.07. The first-order valence-corrected chi connectivity index (χ1v) is 8.52. The molecule has 0 spiro atoms. The van der Waals surface area contributed by atoms with Gasteiger partial charge in [0.05, 0.1) is 21.4 Å². The highest BCUT2D eigenvalue weighted by molar-refractivity contribution is 8.00. The number of pyridine rings is 2. The fourth-order valence-corrected chi connectivity index (χ4v) is 3.25. The second-order valence-electron chi connectivity index (χ2n) is 4.35. The summed E-state index contributed by atoms with van der Waals surface area (Å²) in [5.41, 5.74) is -3.03. The number of hydrogen-bond donors (Lipinski definition) is 0. The molecular formula is C14H13F3N2OS2. The molecule has 0 saturated carbocycles. The SMILES string of the molecule is CCS(=O)c1cccnc1-c1nc(SC(F)(F)F)ccc1C. The Labute approximate surface area is 132 Å². The maximum absolute atomic E-state index is 12.5. The van der Waals surface area contributed by atoms with E-state index in [0.29, 0.717) is 27.6 Å². The van der Waals surface area contributed by atoms with Gasteiger partial charge in [-0.1, -0.05) is 13.0 Å². The molecule has 2 aromatic rings. The van der Waals surface area contributed by atoms with Crippen LogP contribution in [0.1, 0.15) is 12.5 Å². The summed E-state index contributed by atoms with van der Waals surface area (Å²) < 4.78 is 49.6. The van der Waals surface area contributed by atoms with Crippen LogP contribution in [0, 0.1) is 6.92 Å². The van der Waals surface area contributed by atoms with Crippen molar-refractivity contribution in [1.29, 1.82) is 0 Å². The molecule has 0 saturated heterocycles. The summed E-state index contributed by atoms with van der Waals surface area (Å²) in [6.07, 6.45) is 1.51. The zero-order valence-corrected chi connectivity index (χ0v) is 13.5. The highest BCUT2D eigenvalue weighted by atomic mass is 32.2. The second kappa shape index (κ2) is 6.78. The van der Waals surface area contributed by atoms with Gasteiger partial charge in [0.2, 0.25) is 0 Å². The zero-order chi connectivity index (χ0) is 16.3. The fraction of sp³-hybridized carbons (Fsp3) is 0.286. The van der Waals surface area contributed by atoms with Crippen molar-refractivity contribution in [2.45, 2.75) is 29.3 Å². The molecule has 3 nitrogen and oxygen atoms in total. The molecule has 0 aromatic carbocycles. The Hall–Kier alpha value is -1.41. The van der Waals surface area contributed by atoms with E-state index in [1.54, 1.807) is 32.0 Å². The highest BCUT2D eigenvalue weighted by Gasteiger charge is 2.30. The van der Waals surface area contributed by atoms with Crippen LogP contribution in [0.3, 0.4) is 0 Å². The summed E-state index contributed by atoms with van der Waals surface area (Å²) in [6, 6.07) is 6.18. The smallest absolute Gasteiger partial charge is 0.254 e. The van der Waals surface area contributed by atoms with Crippen LogP contribution in [0.4, 0.5) is 13.2 Å². The molecule has 0 aliphatic rings. The molecule has 0 aliphatic carbocycles. The summed E-state index contributed by atoms with van der Waals surface area (Å²) in [5.74, 6) is 0.398. The Bertz CT molecular complexity index is 705. The van der Waals surface area contributed by atoms with Crippen LogP contribution in [0.5, 0.6) is 0 Å². The first-order chi connectivity index (χ1) is 10.3. The average molecular weight is 346 g/mol. The second-order valence-corrected chi connectivity index (χ2v) is 7.14. The standard InChI is InChI=1S/C14H13F3N2OS2/c1-3-22(20)10-5-4-8-18-13(10)12-9(2)6-7-11(19-12)21-14(15,16)17/h4-8H,3H2,1-2H3. The maximum atomic E-state index is 12.5. The predicted octanol–water partition coefficient (Wildman–Crippen LogP) is 4.19. The van der Waals surface area contributed by atoms with Gasteiger partial charge in [-0.3, -0.25) is 9.19 Å². The summed E-state index contributed by atoms with van der Waals surface area (Å²) >= 11 is -0.276. The molecule has 1 unspecified atom stereocenters. The molecule has 2 rings (SSSR count). The Morgan fingerprint density at radius 3 is 2.59 bits per heavy atom. The number of thioether (sulfide) groups is 1. The van der Waals surface area contributed by atoms with E-state index in [0.717, 1.165) is 0 Å². The van der Waals surface area contributed by atoms with Crippen LogP contribution in [0.15, 0.2) is 40.4 Å². The van der Waals surface area contributed by atoms with Crippen LogP contribution in [-0.2, 0) is 10.8 Å². The Morgan fingerprint density at radius 1 is 1.23 bits per heavy atom. The van der Waals surface area contributed by atoms with E-state index >= 15 is 0 Å². The van der Waals surface area contributed by atoms with Crippen LogP contribution in [0.2, 0.25) is 0 Å². The zero-order valence-electron chi connectivity index (χ0n) is 11.8. The first kappa shape index (κ1) is 17.0. The topological polar surface area (TPSA) is 42.9 Å². The lowest BCUT2D eigenvalue weighted by Crippen LogP contribution is -2.04. The third-order valence-electron chi connectivity index (χ3n) is 2.79. The van der Waals surface area contributed by atoms with Gasteiger partial charge in [-0.25, -0.2) is 4.98 Å². The van der Waals surface area contributed by atoms with E-state index in [-0.39, 0.29) is 16.8 Å². The fourth-order valence-electron chi connectivity index (χ4n) is 1.83. The number of aromatic nitrogens is 2. The van der Waals surface area contributed by atoms with E-state index in [1.807, 2.05) is 0 Å². The largest absolute Gasteiger partial charge is 0.447 e. The summed E-state index contributed by atoms with van der Waals surface area (Å²) in [6.45, 7) is 3.50. The number of halogens is 3. The van der Waals surface area contributed by atoms with Gasteiger partial charge in [-0.05, 0) is 30.7 Å². The molecule has 2 heterocycles. The molecule has 118 valence electrons. The molecule has 1 atom stereocenters. The van der Waals surface area contributed by atoms with Crippen molar-refractivity contribution in [3.8, 4) is 11.4 Å². The van der Waals surface area contributed by atoms with Crippen molar-refractivity contribution in [1.82, 2.24) is 9.97 Å². The van der Waals surface area contributed by atoms with E-state index in [4.69, 9.17) is 0 Å². The first-order valence-electron chi connectivity index (χ1n) is 6.39. The molecule has 0 N–H and O–H groups in total. The number of hydrogen-bond acceptors (Lipinski definition) is 4. The van der Waals surface area contributed by atoms with E-state index in [9.17, 15) is 17.4 Å². The molecule has 2 aromatic heterocycles. The highest BCUT2D eigenvalue weighted by Crippen LogP contribution is 2.37. The minimum absolute atomic E-state index is 0.160. The van der Waals surface area contributed by atoms with Crippen molar-refractivity contribution in [3.63, 3.8) is 0 Å². The van der Waals surface area contributed by atoms with Crippen LogP contribution in [0.25, 0.3) is 11.4 Å². The van der Waals surface area contributed by atoms with Crippen molar-refractivity contribution >= 4 is 22.6 Å². The van der Waals surface area contributed by atoms with Crippen LogP contribution in [-0.4, -0.2) is 25.4 Å². The number of aryl methyl sites for hydroxylation is 1. The monoisotopic (exact) mass is 346 g/mol. The molecule has 0 bridgehead atoms. The quantitative estimate of drug-likeness (QED) is 0.779. The van der Waals surface area contributed by atoms with Gasteiger partial charge in [-0.2, -0.15) is 13.2 Å². The van der Waals surface area contributed by atoms with Gasteiger partial charge >= 0.3 is 5.51 Å². The maximum Gasteiger partial charge on any atom is 0.447 e. The van der Waals surface area contributed by atoms with Crippen molar-refractivity contribution in [2.24, 2.45) is 0 Å². The lowest BCUT2D eigenvalue weighted by molar-refractivity contribution is -0.0329. The minimum Gasteiger partial charge on any atom is -0.254 e. The normalized spacial score (nSPS) is 13.1. The number of rotatable bonds is 4. The average Bonchev–Trinajstić information content (AvgIpc) is 2.47. The van der Waals surface area contributed by atoms with Crippen LogP contribution < -0.4 is 0 Å². The molecule has 22 heavy (non-hydrogen) atoms. The van der Waals surface area contributed by atoms with Crippen LogP contribution >= 0.6 is 11.8 Å². The summed E-state index contributed by atoms with van der Waals surface area (Å²) in [5, 5.41) is -0.160. The molecule has 0 radical (unpaired) electrons. The Balaban J connectivity index is 2.53. The molecule has 0 aliphatic heterocycles. The van der Waals surface area contributed by atoms with Gasteiger partial charge in [0.15, 0.2) is 0 Å². The van der Waals surface area contributed by atoms with Crippen molar-refractivity contribution < 1.29 is 17.4 Å². The van der Waals surface area contributed by atoms with Gasteiger partial charge in [0, 0.05) is 23.7 Å². The van der Waals surface area contributed by atoms with Crippen molar-refractivity contribution in [2.75, 3.05) is 5.75 Å². The van der Waals surface area contributed by atoms with Gasteiger partial charge in [0.25, 0.3) is 0 Å². The molecule has 0 amide bonds. The minimum atomic E-state index is -4.40. The Kier molecular flexibility index (Phi) is 5.23. The lowest BCUT2D eigenvalue weighted by atomic mass is 10.1. The van der Waals surface area contributed by atoms with Gasteiger partial charge < -0.3 is 0 Å². The molecule has 8 heteroatoms. The van der Waals surface area contributed by atoms with E-state index in [2.05, 4.69) is 9.97 Å². The number of alkyl halides is 3. The third-order valence-corrected chi connectivity index (χ3v) is 4.81. The summed E-state index contributed by atoms with van der Waals surface area (Å²) in [7, 11) is -1.27. The molecule has 0 fully saturated rings. The Morgan fingerprint density at radius 2 is 1.95 bits per heavy atom. The van der Waals surface area contributed by atoms with Crippen molar-refractivity contribution in [3.05, 3.63) is 36.0 Å². The lowest BCUT2D eigenvalue weighted by Gasteiger charge is -2.11. The number of nitrogens with zero attached hydrogens (tertiary/aromatic N) is 2. The summed E-state index contributed by atoms with van der Waals surface area (Å²) in [4.78, 5) is 8.70. The molecular weight excluding hydrogens is 333 g/mol. The predicted molar refractivity (Wildman–Crippen MR) is 81.1 cm³/mol.